The van der Waals surface area contributed by atoms with Crippen LogP contribution in [0.4, 0.5) is 24.8 Å². The van der Waals surface area contributed by atoms with E-state index in [1.807, 2.05) is 18.2 Å². The molecule has 0 aliphatic heterocycles. The lowest BCUT2D eigenvalue weighted by atomic mass is 10.2. The number of ether oxygens (including phenoxy) is 2. The molecule has 4 N–H and O–H groups in total. The van der Waals surface area contributed by atoms with E-state index in [1.54, 1.807) is 24.3 Å². The third kappa shape index (κ3) is 4.93. The number of halogens is 3. The minimum absolute atomic E-state index is 0.301. The Bertz CT molecular complexity index is 1140. The number of aromatic amines is 1. The predicted octanol–water partition coefficient (Wildman–Crippen LogP) is 5.45. The molecule has 9 heteroatoms. The Kier molecular flexibility index (Phi) is 5.09. The van der Waals surface area contributed by atoms with Gasteiger partial charge in [0.2, 0.25) is 5.95 Å². The lowest BCUT2D eigenvalue weighted by Crippen LogP contribution is -2.16. The van der Waals surface area contributed by atoms with E-state index in [4.69, 9.17) is 10.5 Å². The van der Waals surface area contributed by atoms with Crippen LogP contribution in [0.25, 0.3) is 11.0 Å². The second-order valence-electron chi connectivity index (χ2n) is 6.48. The number of alkyl halides is 3. The molecule has 0 unspecified atom stereocenters. The van der Waals surface area contributed by atoms with Gasteiger partial charge in [-0.05, 0) is 60.2 Å². The van der Waals surface area contributed by atoms with Gasteiger partial charge >= 0.3 is 6.36 Å². The van der Waals surface area contributed by atoms with Gasteiger partial charge in [-0.1, -0.05) is 12.1 Å². The van der Waals surface area contributed by atoms with Crippen LogP contribution in [0.15, 0.2) is 66.7 Å². The minimum Gasteiger partial charge on any atom is -0.457 e. The molecule has 0 aliphatic rings. The lowest BCUT2D eigenvalue weighted by Gasteiger charge is -2.10. The van der Waals surface area contributed by atoms with Crippen molar-refractivity contribution in [2.24, 2.45) is 0 Å². The second kappa shape index (κ2) is 7.86. The molecule has 0 aliphatic carbocycles. The zero-order valence-corrected chi connectivity index (χ0v) is 15.5. The van der Waals surface area contributed by atoms with Crippen LogP contribution in [0.1, 0.15) is 5.56 Å². The van der Waals surface area contributed by atoms with E-state index in [2.05, 4.69) is 20.0 Å². The number of hydrogen-bond acceptors (Lipinski definition) is 5. The van der Waals surface area contributed by atoms with Crippen LogP contribution in [0, 0.1) is 0 Å². The zero-order valence-electron chi connectivity index (χ0n) is 15.5. The summed E-state index contributed by atoms with van der Waals surface area (Å²) >= 11 is 0. The van der Waals surface area contributed by atoms with E-state index >= 15 is 0 Å². The highest BCUT2D eigenvalue weighted by Gasteiger charge is 2.30. The van der Waals surface area contributed by atoms with E-state index in [-0.39, 0.29) is 5.75 Å². The number of hydrogen-bond donors (Lipinski definition) is 3. The summed E-state index contributed by atoms with van der Waals surface area (Å²) in [6.45, 7) is 0.541. The average Bonchev–Trinajstić information content (AvgIpc) is 3.10. The Balaban J connectivity index is 1.34. The molecule has 0 saturated carbocycles. The average molecular weight is 414 g/mol. The molecule has 1 heterocycles. The Morgan fingerprint density at radius 3 is 2.20 bits per heavy atom. The van der Waals surface area contributed by atoms with Crippen molar-refractivity contribution in [2.45, 2.75) is 12.9 Å². The van der Waals surface area contributed by atoms with Gasteiger partial charge in [-0.25, -0.2) is 4.98 Å². The molecule has 0 amide bonds. The van der Waals surface area contributed by atoms with Gasteiger partial charge in [0.1, 0.15) is 17.2 Å². The Labute approximate surface area is 169 Å². The second-order valence-corrected chi connectivity index (χ2v) is 6.48. The number of nitrogen functional groups attached to an aromatic ring is 1. The molecular weight excluding hydrogens is 397 g/mol. The lowest BCUT2D eigenvalue weighted by molar-refractivity contribution is -0.274. The highest BCUT2D eigenvalue weighted by molar-refractivity contribution is 5.80. The first-order valence-electron chi connectivity index (χ1n) is 8.96. The molecule has 1 aromatic heterocycles. The highest BCUT2D eigenvalue weighted by atomic mass is 19.4. The molecule has 4 aromatic rings. The Morgan fingerprint density at radius 1 is 0.900 bits per heavy atom. The first kappa shape index (κ1) is 19.4. The number of imidazole rings is 1. The molecule has 0 radical (unpaired) electrons. The maximum absolute atomic E-state index is 12.2. The first-order valence-corrected chi connectivity index (χ1v) is 8.96. The van der Waals surface area contributed by atoms with E-state index in [0.717, 1.165) is 16.6 Å². The Morgan fingerprint density at radius 2 is 1.53 bits per heavy atom. The van der Waals surface area contributed by atoms with Crippen LogP contribution in [-0.2, 0) is 6.54 Å². The maximum atomic E-state index is 12.2. The number of benzene rings is 3. The smallest absolute Gasteiger partial charge is 0.457 e. The summed E-state index contributed by atoms with van der Waals surface area (Å²) in [6, 6.07) is 18.0. The number of H-pyrrole nitrogens is 1. The van der Waals surface area contributed by atoms with Crippen molar-refractivity contribution >= 4 is 22.7 Å². The standard InChI is InChI=1S/C21H17F3N4O2/c22-21(23,24)30-17-8-6-16(7-9-17)29-15-4-1-13(2-5-15)12-26-20-27-18-10-3-14(25)11-19(18)28-20/h1-11H,12,25H2,(H2,26,27,28). The largest absolute Gasteiger partial charge is 0.573 e. The van der Waals surface area contributed by atoms with Crippen LogP contribution < -0.4 is 20.5 Å². The van der Waals surface area contributed by atoms with Crippen LogP contribution in [-0.4, -0.2) is 16.3 Å². The van der Waals surface area contributed by atoms with Gasteiger partial charge in [0.05, 0.1) is 11.0 Å². The van der Waals surface area contributed by atoms with E-state index < -0.39 is 6.36 Å². The van der Waals surface area contributed by atoms with Gasteiger partial charge in [-0.15, -0.1) is 13.2 Å². The van der Waals surface area contributed by atoms with Crippen molar-refractivity contribution in [1.29, 1.82) is 0 Å². The molecule has 3 aromatic carbocycles. The van der Waals surface area contributed by atoms with Crippen molar-refractivity contribution in [3.8, 4) is 17.2 Å². The number of nitrogens with two attached hydrogens (primary N) is 1. The summed E-state index contributed by atoms with van der Waals surface area (Å²) in [6.07, 6.45) is -4.72. The summed E-state index contributed by atoms with van der Waals surface area (Å²) in [4.78, 5) is 7.61. The molecule has 0 saturated heterocycles. The van der Waals surface area contributed by atoms with Gasteiger partial charge in [-0.2, -0.15) is 0 Å². The molecule has 154 valence electrons. The molecule has 6 nitrogen and oxygen atoms in total. The van der Waals surface area contributed by atoms with Crippen molar-refractivity contribution in [3.63, 3.8) is 0 Å². The van der Waals surface area contributed by atoms with Crippen LogP contribution in [0.5, 0.6) is 17.2 Å². The summed E-state index contributed by atoms with van der Waals surface area (Å²) < 4.78 is 46.1. The van der Waals surface area contributed by atoms with Gasteiger partial charge < -0.3 is 25.5 Å². The van der Waals surface area contributed by atoms with Crippen molar-refractivity contribution in [1.82, 2.24) is 9.97 Å². The van der Waals surface area contributed by atoms with Crippen molar-refractivity contribution in [2.75, 3.05) is 11.1 Å². The van der Waals surface area contributed by atoms with E-state index in [9.17, 15) is 13.2 Å². The Hall–Kier alpha value is -3.88. The van der Waals surface area contributed by atoms with Gasteiger partial charge in [-0.3, -0.25) is 0 Å². The fourth-order valence-electron chi connectivity index (χ4n) is 2.81. The first-order chi connectivity index (χ1) is 14.3. The third-order valence-electron chi connectivity index (χ3n) is 4.18. The molecular formula is C21H17F3N4O2. The number of anilines is 2. The predicted molar refractivity (Wildman–Crippen MR) is 107 cm³/mol. The topological polar surface area (TPSA) is 85.2 Å². The summed E-state index contributed by atoms with van der Waals surface area (Å²) in [5, 5.41) is 3.21. The number of nitrogens with zero attached hydrogens (tertiary/aromatic N) is 1. The molecule has 30 heavy (non-hydrogen) atoms. The molecule has 0 atom stereocenters. The highest BCUT2D eigenvalue weighted by Crippen LogP contribution is 2.27. The summed E-state index contributed by atoms with van der Waals surface area (Å²) in [7, 11) is 0. The number of nitrogens with one attached hydrogen (secondary N) is 2. The minimum atomic E-state index is -4.72. The van der Waals surface area contributed by atoms with Crippen molar-refractivity contribution < 1.29 is 22.6 Å². The van der Waals surface area contributed by atoms with Crippen molar-refractivity contribution in [3.05, 3.63) is 72.3 Å². The normalized spacial score (nSPS) is 11.4. The van der Waals surface area contributed by atoms with Gasteiger partial charge in [0.15, 0.2) is 0 Å². The van der Waals surface area contributed by atoms with Crippen LogP contribution in [0.2, 0.25) is 0 Å². The van der Waals surface area contributed by atoms with Crippen LogP contribution >= 0.6 is 0 Å². The molecule has 4 rings (SSSR count). The number of rotatable bonds is 6. The monoisotopic (exact) mass is 414 g/mol. The van der Waals surface area contributed by atoms with Crippen LogP contribution in [0.3, 0.4) is 0 Å². The van der Waals surface area contributed by atoms with Gasteiger partial charge in [0.25, 0.3) is 0 Å². The third-order valence-corrected chi connectivity index (χ3v) is 4.18. The molecule has 0 fully saturated rings. The maximum Gasteiger partial charge on any atom is 0.573 e. The summed E-state index contributed by atoms with van der Waals surface area (Å²) in [5.41, 5.74) is 9.09. The molecule has 0 spiro atoms. The fourth-order valence-corrected chi connectivity index (χ4v) is 2.81. The SMILES string of the molecule is Nc1ccc2[nH]c(NCc3ccc(Oc4ccc(OC(F)(F)F)cc4)cc3)nc2c1. The quantitative estimate of drug-likeness (QED) is 0.366. The fraction of sp³-hybridized carbons (Fsp3) is 0.0952. The van der Waals surface area contributed by atoms with Gasteiger partial charge in [0, 0.05) is 12.2 Å². The van der Waals surface area contributed by atoms with E-state index in [0.29, 0.717) is 29.7 Å². The zero-order chi connectivity index (χ0) is 21.1. The number of fused-ring (bicyclic) bond motifs is 1. The van der Waals surface area contributed by atoms with E-state index in [1.165, 1.54) is 24.3 Å². The number of aromatic nitrogens is 2. The summed E-state index contributed by atoms with van der Waals surface area (Å²) in [5.74, 6) is 1.29. The molecule has 0 bridgehead atoms.